The Morgan fingerprint density at radius 2 is 2.47 bits per heavy atom. The minimum Gasteiger partial charge on any atom is -0.332 e. The minimum absolute atomic E-state index is 0.0469. The van der Waals surface area contributed by atoms with Crippen LogP contribution < -0.4 is 0 Å². The quantitative estimate of drug-likeness (QED) is 0.813. The monoisotopic (exact) mass is 284 g/mol. The van der Waals surface area contributed by atoms with E-state index < -0.39 is 0 Å². The van der Waals surface area contributed by atoms with Crippen molar-refractivity contribution >= 4 is 33.0 Å². The van der Waals surface area contributed by atoms with Gasteiger partial charge in [-0.15, -0.1) is 11.3 Å². The number of aryl methyl sites for hydroxylation is 1. The number of aromatic nitrogens is 2. The number of hydrogen-bond donors (Lipinski definition) is 0. The molecular weight excluding hydrogens is 276 g/mol. The minimum atomic E-state index is 0.0469. The lowest BCUT2D eigenvalue weighted by Crippen LogP contribution is -2.09. The van der Waals surface area contributed by atoms with Crippen molar-refractivity contribution in [3.8, 4) is 0 Å². The average Bonchev–Trinajstić information content (AvgIpc) is 2.76. The van der Waals surface area contributed by atoms with E-state index in [-0.39, 0.29) is 5.78 Å². The number of halogens is 1. The number of imidazole rings is 1. The van der Waals surface area contributed by atoms with Crippen LogP contribution >= 0.6 is 27.3 Å². The van der Waals surface area contributed by atoms with Gasteiger partial charge in [0, 0.05) is 35.2 Å². The molecule has 0 atom stereocenters. The summed E-state index contributed by atoms with van der Waals surface area (Å²) >= 11 is 4.98. The Kier molecular flexibility index (Phi) is 3.02. The van der Waals surface area contributed by atoms with Crippen LogP contribution in [0.4, 0.5) is 0 Å². The van der Waals surface area contributed by atoms with Gasteiger partial charge in [-0.2, -0.15) is 0 Å². The van der Waals surface area contributed by atoms with Crippen LogP contribution in [0.3, 0.4) is 0 Å². The third-order valence-electron chi connectivity index (χ3n) is 2.08. The van der Waals surface area contributed by atoms with Crippen molar-refractivity contribution < 1.29 is 4.79 Å². The molecule has 0 fully saturated rings. The first-order valence-electron chi connectivity index (χ1n) is 4.41. The van der Waals surface area contributed by atoms with Crippen molar-refractivity contribution in [2.75, 3.05) is 0 Å². The Hall–Kier alpha value is -0.940. The lowest BCUT2D eigenvalue weighted by atomic mass is 10.2. The second kappa shape index (κ2) is 4.28. The van der Waals surface area contributed by atoms with Crippen LogP contribution in [-0.4, -0.2) is 15.3 Å². The number of Topliss-reactive ketones (excluding diaryl/α,β-unsaturated/α-hetero) is 1. The number of carbonyl (C=O) groups is 1. The Labute approximate surface area is 99.9 Å². The van der Waals surface area contributed by atoms with Gasteiger partial charge < -0.3 is 4.57 Å². The molecule has 0 aliphatic heterocycles. The largest absolute Gasteiger partial charge is 0.332 e. The molecule has 5 heteroatoms. The van der Waals surface area contributed by atoms with Crippen LogP contribution in [0.15, 0.2) is 28.3 Å². The first kappa shape index (κ1) is 10.6. The maximum Gasteiger partial charge on any atom is 0.203 e. The molecule has 0 N–H and O–H groups in total. The van der Waals surface area contributed by atoms with E-state index in [0.717, 1.165) is 9.35 Å². The zero-order valence-electron chi connectivity index (χ0n) is 8.11. The Bertz CT molecular complexity index is 489. The molecule has 0 bridgehead atoms. The molecule has 2 rings (SSSR count). The van der Waals surface area contributed by atoms with Gasteiger partial charge in [-0.05, 0) is 27.4 Å². The van der Waals surface area contributed by atoms with Gasteiger partial charge in [0.1, 0.15) is 0 Å². The van der Waals surface area contributed by atoms with Gasteiger partial charge in [-0.25, -0.2) is 4.98 Å². The van der Waals surface area contributed by atoms with E-state index in [1.54, 1.807) is 28.3 Å². The summed E-state index contributed by atoms with van der Waals surface area (Å²) in [6, 6.07) is 1.95. The maximum atomic E-state index is 11.8. The van der Waals surface area contributed by atoms with Crippen LogP contribution in [0.1, 0.15) is 15.5 Å². The molecule has 3 nitrogen and oxygen atoms in total. The van der Waals surface area contributed by atoms with E-state index in [1.807, 2.05) is 18.5 Å². The fourth-order valence-corrected chi connectivity index (χ4v) is 2.80. The van der Waals surface area contributed by atoms with Gasteiger partial charge >= 0.3 is 0 Å². The second-order valence-corrected chi connectivity index (χ2v) is 5.01. The van der Waals surface area contributed by atoms with Crippen LogP contribution in [0.2, 0.25) is 0 Å². The highest BCUT2D eigenvalue weighted by molar-refractivity contribution is 9.10. The molecule has 0 saturated carbocycles. The summed E-state index contributed by atoms with van der Waals surface area (Å²) < 4.78 is 2.74. The Balaban J connectivity index is 2.18. The summed E-state index contributed by atoms with van der Waals surface area (Å²) in [7, 11) is 1.82. The third-order valence-corrected chi connectivity index (χ3v) is 4.01. The summed E-state index contributed by atoms with van der Waals surface area (Å²) in [5.41, 5.74) is 0. The van der Waals surface area contributed by atoms with Crippen LogP contribution in [0, 0.1) is 0 Å². The van der Waals surface area contributed by atoms with Gasteiger partial charge in [0.2, 0.25) is 5.78 Å². The van der Waals surface area contributed by atoms with Gasteiger partial charge in [0.15, 0.2) is 5.82 Å². The van der Waals surface area contributed by atoms with Gasteiger partial charge in [-0.3, -0.25) is 4.79 Å². The molecule has 0 amide bonds. The fraction of sp³-hybridized carbons (Fsp3) is 0.200. The Morgan fingerprint density at radius 3 is 3.00 bits per heavy atom. The normalized spacial score (nSPS) is 10.5. The van der Waals surface area contributed by atoms with Crippen molar-refractivity contribution in [2.24, 2.45) is 7.05 Å². The molecule has 0 saturated heterocycles. The highest BCUT2D eigenvalue weighted by Crippen LogP contribution is 2.23. The molecule has 0 spiro atoms. The number of ketones is 1. The van der Waals surface area contributed by atoms with E-state index >= 15 is 0 Å². The van der Waals surface area contributed by atoms with E-state index in [2.05, 4.69) is 20.9 Å². The highest BCUT2D eigenvalue weighted by Gasteiger charge is 2.13. The number of hydrogen-bond acceptors (Lipinski definition) is 3. The van der Waals surface area contributed by atoms with E-state index in [0.29, 0.717) is 12.2 Å². The van der Waals surface area contributed by atoms with E-state index in [4.69, 9.17) is 0 Å². The molecular formula is C10H9BrN2OS. The molecule has 78 valence electrons. The standard InChI is InChI=1S/C10H9BrN2OS/c1-13-4-3-12-10(13)8(14)6-9-7(11)2-5-15-9/h2-5H,6H2,1H3. The van der Waals surface area contributed by atoms with Crippen molar-refractivity contribution in [1.29, 1.82) is 0 Å². The number of thiophene rings is 1. The molecule has 0 unspecified atom stereocenters. The summed E-state index contributed by atoms with van der Waals surface area (Å²) in [6.45, 7) is 0. The topological polar surface area (TPSA) is 34.9 Å². The smallest absolute Gasteiger partial charge is 0.203 e. The summed E-state index contributed by atoms with van der Waals surface area (Å²) in [5.74, 6) is 0.556. The zero-order valence-corrected chi connectivity index (χ0v) is 10.5. The molecule has 0 radical (unpaired) electrons. The second-order valence-electron chi connectivity index (χ2n) is 3.15. The molecule has 0 aliphatic rings. The molecule has 2 aromatic heterocycles. The summed E-state index contributed by atoms with van der Waals surface area (Å²) in [4.78, 5) is 16.9. The number of nitrogens with zero attached hydrogens (tertiary/aromatic N) is 2. The van der Waals surface area contributed by atoms with E-state index in [1.165, 1.54) is 0 Å². The molecule has 15 heavy (non-hydrogen) atoms. The predicted octanol–water partition coefficient (Wildman–Crippen LogP) is 2.67. The molecule has 0 aromatic carbocycles. The summed E-state index contributed by atoms with van der Waals surface area (Å²) in [6.07, 6.45) is 3.82. The van der Waals surface area contributed by atoms with Crippen molar-refractivity contribution in [3.05, 3.63) is 39.0 Å². The molecule has 0 aliphatic carbocycles. The highest BCUT2D eigenvalue weighted by atomic mass is 79.9. The SMILES string of the molecule is Cn1ccnc1C(=O)Cc1sccc1Br. The fourth-order valence-electron chi connectivity index (χ4n) is 1.31. The first-order chi connectivity index (χ1) is 7.18. The lowest BCUT2D eigenvalue weighted by molar-refractivity contribution is 0.0981. The maximum absolute atomic E-state index is 11.8. The van der Waals surface area contributed by atoms with Crippen LogP contribution in [0.5, 0.6) is 0 Å². The van der Waals surface area contributed by atoms with Crippen LogP contribution in [-0.2, 0) is 13.5 Å². The van der Waals surface area contributed by atoms with Gasteiger partial charge in [0.25, 0.3) is 0 Å². The van der Waals surface area contributed by atoms with Crippen LogP contribution in [0.25, 0.3) is 0 Å². The lowest BCUT2D eigenvalue weighted by Gasteiger charge is -1.99. The molecule has 2 heterocycles. The van der Waals surface area contributed by atoms with Gasteiger partial charge in [-0.1, -0.05) is 0 Å². The van der Waals surface area contributed by atoms with Crippen molar-refractivity contribution in [3.63, 3.8) is 0 Å². The summed E-state index contributed by atoms with van der Waals surface area (Å²) in [5, 5.41) is 1.96. The van der Waals surface area contributed by atoms with Crippen molar-refractivity contribution in [2.45, 2.75) is 6.42 Å². The first-order valence-corrected chi connectivity index (χ1v) is 6.08. The van der Waals surface area contributed by atoms with Gasteiger partial charge in [0.05, 0.1) is 0 Å². The van der Waals surface area contributed by atoms with Crippen molar-refractivity contribution in [1.82, 2.24) is 9.55 Å². The van der Waals surface area contributed by atoms with E-state index in [9.17, 15) is 4.79 Å². The third kappa shape index (κ3) is 2.18. The zero-order chi connectivity index (χ0) is 10.8. The predicted molar refractivity (Wildman–Crippen MR) is 63.3 cm³/mol. The number of carbonyl (C=O) groups excluding carboxylic acids is 1. The number of rotatable bonds is 3. The average molecular weight is 285 g/mol. The molecule has 2 aromatic rings. The Morgan fingerprint density at radius 1 is 1.67 bits per heavy atom.